The summed E-state index contributed by atoms with van der Waals surface area (Å²) in [6.07, 6.45) is 2.60. The fraction of sp³-hybridized carbons (Fsp3) is 0.533. The van der Waals surface area contributed by atoms with E-state index in [9.17, 15) is 17.6 Å². The molecule has 0 unspecified atom stereocenters. The van der Waals surface area contributed by atoms with Crippen LogP contribution in [0.3, 0.4) is 0 Å². The largest absolute Gasteiger partial charge is 0.352 e. The second-order valence-corrected chi connectivity index (χ2v) is 7.77. The lowest BCUT2D eigenvalue weighted by Crippen LogP contribution is -2.47. The van der Waals surface area contributed by atoms with Gasteiger partial charge in [0.2, 0.25) is 15.9 Å². The lowest BCUT2D eigenvalue weighted by Gasteiger charge is -2.30. The van der Waals surface area contributed by atoms with Crippen LogP contribution in [0.1, 0.15) is 12.8 Å². The number of benzene rings is 1. The van der Waals surface area contributed by atoms with Crippen LogP contribution in [-0.4, -0.2) is 58.2 Å². The van der Waals surface area contributed by atoms with Gasteiger partial charge >= 0.3 is 0 Å². The second kappa shape index (κ2) is 7.27. The Morgan fingerprint density at radius 2 is 1.96 bits per heavy atom. The van der Waals surface area contributed by atoms with Crippen LogP contribution in [0.4, 0.5) is 10.1 Å². The van der Waals surface area contributed by atoms with Gasteiger partial charge in [-0.05, 0) is 45.1 Å². The highest BCUT2D eigenvalue weighted by Gasteiger charge is 2.25. The average Bonchev–Trinajstić information content (AvgIpc) is 2.47. The van der Waals surface area contributed by atoms with Gasteiger partial charge in [0.15, 0.2) is 0 Å². The van der Waals surface area contributed by atoms with Crippen molar-refractivity contribution in [3.63, 3.8) is 0 Å². The van der Waals surface area contributed by atoms with Crippen molar-refractivity contribution in [2.75, 3.05) is 37.2 Å². The summed E-state index contributed by atoms with van der Waals surface area (Å²) in [6, 6.07) is 5.55. The molecule has 1 aromatic rings. The molecule has 1 aliphatic heterocycles. The van der Waals surface area contributed by atoms with Crippen LogP contribution in [0.25, 0.3) is 0 Å². The first-order valence-electron chi connectivity index (χ1n) is 7.47. The molecule has 2 rings (SSSR count). The summed E-state index contributed by atoms with van der Waals surface area (Å²) in [7, 11) is -1.75. The van der Waals surface area contributed by atoms with E-state index in [1.165, 1.54) is 24.3 Å². The van der Waals surface area contributed by atoms with E-state index < -0.39 is 28.3 Å². The van der Waals surface area contributed by atoms with Crippen LogP contribution >= 0.6 is 0 Å². The topological polar surface area (TPSA) is 69.7 Å². The third-order valence-electron chi connectivity index (χ3n) is 3.89. The molecule has 0 bridgehead atoms. The number of carbonyl (C=O) groups is 1. The minimum atomic E-state index is -3.76. The summed E-state index contributed by atoms with van der Waals surface area (Å²) in [6.45, 7) is 1.34. The number of amides is 1. The Kier molecular flexibility index (Phi) is 5.59. The number of hydrogen-bond donors (Lipinski definition) is 1. The number of likely N-dealkylation sites (tertiary alicyclic amines) is 1. The van der Waals surface area contributed by atoms with Gasteiger partial charge in [-0.25, -0.2) is 12.8 Å². The van der Waals surface area contributed by atoms with Crippen LogP contribution in [0.2, 0.25) is 0 Å². The number of rotatable bonds is 5. The van der Waals surface area contributed by atoms with Crippen molar-refractivity contribution in [2.24, 2.45) is 0 Å². The van der Waals surface area contributed by atoms with Gasteiger partial charge in [-0.15, -0.1) is 0 Å². The third-order valence-corrected chi connectivity index (χ3v) is 5.02. The van der Waals surface area contributed by atoms with Crippen molar-refractivity contribution >= 4 is 21.6 Å². The Morgan fingerprint density at radius 1 is 1.35 bits per heavy atom. The second-order valence-electron chi connectivity index (χ2n) is 5.87. The first kappa shape index (κ1) is 17.7. The molecule has 1 N–H and O–H groups in total. The van der Waals surface area contributed by atoms with E-state index in [1.807, 2.05) is 7.05 Å². The molecule has 1 aliphatic rings. The SMILES string of the molecule is CN1CCC(NC(=O)CN(c2ccccc2F)S(C)(=O)=O)CC1. The summed E-state index contributed by atoms with van der Waals surface area (Å²) in [4.78, 5) is 14.4. The fourth-order valence-electron chi connectivity index (χ4n) is 2.59. The highest BCUT2D eigenvalue weighted by Crippen LogP contribution is 2.21. The van der Waals surface area contributed by atoms with Crippen LogP contribution in [0, 0.1) is 5.82 Å². The monoisotopic (exact) mass is 343 g/mol. The minimum absolute atomic E-state index is 0.0285. The number of halogens is 1. The van der Waals surface area contributed by atoms with Gasteiger partial charge < -0.3 is 10.2 Å². The zero-order valence-electron chi connectivity index (χ0n) is 13.3. The van der Waals surface area contributed by atoms with E-state index in [0.717, 1.165) is 36.5 Å². The van der Waals surface area contributed by atoms with Crippen LogP contribution in [0.15, 0.2) is 24.3 Å². The van der Waals surface area contributed by atoms with E-state index >= 15 is 0 Å². The van der Waals surface area contributed by atoms with Crippen LogP contribution in [-0.2, 0) is 14.8 Å². The van der Waals surface area contributed by atoms with Gasteiger partial charge in [0.25, 0.3) is 0 Å². The quantitative estimate of drug-likeness (QED) is 0.859. The van der Waals surface area contributed by atoms with Gasteiger partial charge in [0.1, 0.15) is 12.4 Å². The minimum Gasteiger partial charge on any atom is -0.352 e. The molecule has 1 saturated heterocycles. The van der Waals surface area contributed by atoms with Crippen molar-refractivity contribution in [1.82, 2.24) is 10.2 Å². The normalized spacial score (nSPS) is 17.0. The average molecular weight is 343 g/mol. The molecule has 0 aliphatic carbocycles. The summed E-state index contributed by atoms with van der Waals surface area (Å²) in [5, 5.41) is 2.84. The first-order chi connectivity index (χ1) is 10.8. The molecular weight excluding hydrogens is 321 g/mol. The zero-order valence-corrected chi connectivity index (χ0v) is 14.1. The van der Waals surface area contributed by atoms with Gasteiger partial charge in [-0.1, -0.05) is 12.1 Å². The van der Waals surface area contributed by atoms with Gasteiger partial charge in [0.05, 0.1) is 11.9 Å². The van der Waals surface area contributed by atoms with E-state index in [-0.39, 0.29) is 11.7 Å². The molecule has 0 radical (unpaired) electrons. The van der Waals surface area contributed by atoms with Crippen molar-refractivity contribution in [2.45, 2.75) is 18.9 Å². The Hall–Kier alpha value is -1.67. The number of nitrogens with zero attached hydrogens (tertiary/aromatic N) is 2. The molecule has 0 saturated carbocycles. The van der Waals surface area contributed by atoms with Crippen LogP contribution in [0.5, 0.6) is 0 Å². The number of nitrogens with one attached hydrogen (secondary N) is 1. The maximum Gasteiger partial charge on any atom is 0.240 e. The number of hydrogen-bond acceptors (Lipinski definition) is 4. The molecule has 1 aromatic carbocycles. The molecule has 6 nitrogen and oxygen atoms in total. The Bertz CT molecular complexity index is 658. The molecule has 1 amide bonds. The number of carbonyl (C=O) groups excluding carboxylic acids is 1. The predicted octanol–water partition coefficient (Wildman–Crippen LogP) is 0.802. The molecule has 128 valence electrons. The molecule has 1 heterocycles. The van der Waals surface area contributed by atoms with Gasteiger partial charge in [-0.2, -0.15) is 0 Å². The lowest BCUT2D eigenvalue weighted by atomic mass is 10.1. The smallest absolute Gasteiger partial charge is 0.240 e. The first-order valence-corrected chi connectivity index (χ1v) is 9.32. The summed E-state index contributed by atoms with van der Waals surface area (Å²) in [5.74, 6) is -1.10. The molecule has 8 heteroatoms. The van der Waals surface area contributed by atoms with Crippen molar-refractivity contribution < 1.29 is 17.6 Å². The molecule has 0 atom stereocenters. The maximum atomic E-state index is 13.9. The van der Waals surface area contributed by atoms with Gasteiger partial charge in [-0.3, -0.25) is 9.10 Å². The van der Waals surface area contributed by atoms with Crippen molar-refractivity contribution in [3.8, 4) is 0 Å². The van der Waals surface area contributed by atoms with Crippen molar-refractivity contribution in [3.05, 3.63) is 30.1 Å². The highest BCUT2D eigenvalue weighted by molar-refractivity contribution is 7.92. The van der Waals surface area contributed by atoms with Crippen molar-refractivity contribution in [1.29, 1.82) is 0 Å². The predicted molar refractivity (Wildman–Crippen MR) is 87.3 cm³/mol. The van der Waals surface area contributed by atoms with Gasteiger partial charge in [0, 0.05) is 6.04 Å². The highest BCUT2D eigenvalue weighted by atomic mass is 32.2. The lowest BCUT2D eigenvalue weighted by molar-refractivity contribution is -0.120. The maximum absolute atomic E-state index is 13.9. The Labute approximate surface area is 136 Å². The van der Waals surface area contributed by atoms with Crippen LogP contribution < -0.4 is 9.62 Å². The Morgan fingerprint density at radius 3 is 2.52 bits per heavy atom. The summed E-state index contributed by atoms with van der Waals surface area (Å²) in [5.41, 5.74) is -0.117. The Balaban J connectivity index is 2.07. The number of sulfonamides is 1. The van der Waals surface area contributed by atoms with E-state index in [4.69, 9.17) is 0 Å². The zero-order chi connectivity index (χ0) is 17.0. The number of para-hydroxylation sites is 1. The molecule has 1 fully saturated rings. The molecule has 23 heavy (non-hydrogen) atoms. The molecular formula is C15H22FN3O3S. The summed E-state index contributed by atoms with van der Waals surface area (Å²) < 4.78 is 38.5. The number of anilines is 1. The standard InChI is InChI=1S/C15H22FN3O3S/c1-18-9-7-12(8-10-18)17-15(20)11-19(23(2,21)22)14-6-4-3-5-13(14)16/h3-6,12H,7-11H2,1-2H3,(H,17,20). The van der Waals surface area contributed by atoms with E-state index in [2.05, 4.69) is 10.2 Å². The van der Waals surface area contributed by atoms with E-state index in [0.29, 0.717) is 0 Å². The van der Waals surface area contributed by atoms with E-state index in [1.54, 1.807) is 0 Å². The molecule has 0 aromatic heterocycles. The third kappa shape index (κ3) is 4.90. The molecule has 0 spiro atoms. The number of piperidine rings is 1. The fourth-order valence-corrected chi connectivity index (χ4v) is 3.45. The summed E-state index contributed by atoms with van der Waals surface area (Å²) >= 11 is 0.